The summed E-state index contributed by atoms with van der Waals surface area (Å²) in [5.41, 5.74) is 1.75. The lowest BCUT2D eigenvalue weighted by atomic mass is 10.1. The second kappa shape index (κ2) is 7.20. The number of esters is 1. The molecular weight excluding hydrogens is 430 g/mol. The molecule has 28 heavy (non-hydrogen) atoms. The maximum atomic E-state index is 12.5. The van der Waals surface area contributed by atoms with Gasteiger partial charge in [-0.05, 0) is 44.2 Å². The Morgan fingerprint density at radius 3 is 2.75 bits per heavy atom. The summed E-state index contributed by atoms with van der Waals surface area (Å²) in [7, 11) is 0. The largest absolute Gasteiger partial charge is 0.454 e. The molecule has 1 atom stereocenters. The first-order chi connectivity index (χ1) is 13.4. The number of carbonyl (C=O) groups is 2. The predicted octanol–water partition coefficient (Wildman–Crippen LogP) is 4.42. The van der Waals surface area contributed by atoms with Gasteiger partial charge in [0, 0.05) is 27.2 Å². The normalized spacial score (nSPS) is 13.4. The third kappa shape index (κ3) is 3.43. The molecule has 1 amide bonds. The molecule has 4 rings (SSSR count). The van der Waals surface area contributed by atoms with E-state index >= 15 is 0 Å². The van der Waals surface area contributed by atoms with Gasteiger partial charge in [-0.25, -0.2) is 4.79 Å². The van der Waals surface area contributed by atoms with Crippen LogP contribution in [0.1, 0.15) is 23.0 Å². The van der Waals surface area contributed by atoms with Crippen molar-refractivity contribution in [2.45, 2.75) is 20.0 Å². The average Bonchev–Trinajstić information content (AvgIpc) is 3.26. The molecule has 0 saturated heterocycles. The van der Waals surface area contributed by atoms with Gasteiger partial charge in [0.1, 0.15) is 5.58 Å². The van der Waals surface area contributed by atoms with Gasteiger partial charge in [-0.2, -0.15) is 0 Å². The summed E-state index contributed by atoms with van der Waals surface area (Å²) >= 11 is 3.39. The summed E-state index contributed by atoms with van der Waals surface area (Å²) in [6.07, 6.45) is -1.02. The number of benzene rings is 2. The lowest BCUT2D eigenvalue weighted by Gasteiger charge is -2.13. The molecule has 1 aromatic heterocycles. The summed E-state index contributed by atoms with van der Waals surface area (Å²) in [4.78, 5) is 24.9. The highest BCUT2D eigenvalue weighted by Gasteiger charge is 2.25. The molecule has 1 unspecified atom stereocenters. The number of ether oxygens (including phenoxy) is 3. The van der Waals surface area contributed by atoms with Crippen LogP contribution in [0, 0.1) is 6.92 Å². The van der Waals surface area contributed by atoms with Gasteiger partial charge in [0.15, 0.2) is 17.6 Å². The van der Waals surface area contributed by atoms with E-state index in [1.807, 2.05) is 12.1 Å². The number of fused-ring (bicyclic) bond motifs is 2. The number of furan rings is 1. The number of amides is 1. The monoisotopic (exact) mass is 445 g/mol. The molecular formula is C20H16BrNO6. The van der Waals surface area contributed by atoms with Crippen LogP contribution in [0.15, 0.2) is 45.3 Å². The van der Waals surface area contributed by atoms with Crippen molar-refractivity contribution in [2.75, 3.05) is 12.1 Å². The molecule has 1 N–H and O–H groups in total. The van der Waals surface area contributed by atoms with Crippen molar-refractivity contribution < 1.29 is 28.2 Å². The smallest absolute Gasteiger partial charge is 0.375 e. The van der Waals surface area contributed by atoms with Crippen molar-refractivity contribution >= 4 is 44.5 Å². The number of anilines is 1. The Labute approximate surface area is 168 Å². The van der Waals surface area contributed by atoms with Crippen LogP contribution in [0.3, 0.4) is 0 Å². The number of carbonyl (C=O) groups excluding carboxylic acids is 2. The number of hydrogen-bond donors (Lipinski definition) is 1. The fraction of sp³-hybridized carbons (Fsp3) is 0.200. The van der Waals surface area contributed by atoms with Gasteiger partial charge in [0.2, 0.25) is 12.6 Å². The van der Waals surface area contributed by atoms with Gasteiger partial charge in [0.25, 0.3) is 5.91 Å². The lowest BCUT2D eigenvalue weighted by Crippen LogP contribution is -2.30. The van der Waals surface area contributed by atoms with Crippen molar-refractivity contribution in [1.29, 1.82) is 0 Å². The molecule has 1 aliphatic rings. The van der Waals surface area contributed by atoms with E-state index in [-0.39, 0.29) is 12.6 Å². The molecule has 0 saturated carbocycles. The third-order valence-electron chi connectivity index (χ3n) is 4.38. The van der Waals surface area contributed by atoms with E-state index < -0.39 is 18.0 Å². The first kappa shape index (κ1) is 18.4. The van der Waals surface area contributed by atoms with Crippen molar-refractivity contribution in [1.82, 2.24) is 0 Å². The average molecular weight is 446 g/mol. The van der Waals surface area contributed by atoms with Gasteiger partial charge in [0.05, 0.1) is 0 Å². The van der Waals surface area contributed by atoms with Gasteiger partial charge in [-0.15, -0.1) is 0 Å². The zero-order valence-corrected chi connectivity index (χ0v) is 16.7. The van der Waals surface area contributed by atoms with E-state index in [0.717, 1.165) is 9.86 Å². The minimum Gasteiger partial charge on any atom is -0.454 e. The molecule has 0 spiro atoms. The van der Waals surface area contributed by atoms with Crippen LogP contribution in [0.5, 0.6) is 11.5 Å². The van der Waals surface area contributed by atoms with Gasteiger partial charge in [-0.1, -0.05) is 15.9 Å². The fourth-order valence-corrected chi connectivity index (χ4v) is 3.23. The first-order valence-electron chi connectivity index (χ1n) is 8.52. The highest BCUT2D eigenvalue weighted by Crippen LogP contribution is 2.34. The van der Waals surface area contributed by atoms with Crippen molar-refractivity contribution in [3.8, 4) is 11.5 Å². The van der Waals surface area contributed by atoms with Crippen LogP contribution in [0.2, 0.25) is 0 Å². The maximum absolute atomic E-state index is 12.5. The Bertz CT molecular complexity index is 1090. The van der Waals surface area contributed by atoms with Gasteiger partial charge >= 0.3 is 5.97 Å². The molecule has 144 valence electrons. The van der Waals surface area contributed by atoms with Crippen molar-refractivity contribution in [2.24, 2.45) is 0 Å². The molecule has 7 nitrogen and oxygen atoms in total. The molecule has 8 heteroatoms. The van der Waals surface area contributed by atoms with Crippen LogP contribution in [-0.4, -0.2) is 24.8 Å². The molecule has 0 fully saturated rings. The summed E-state index contributed by atoms with van der Waals surface area (Å²) in [5, 5.41) is 3.49. The molecule has 1 aliphatic heterocycles. The number of nitrogens with one attached hydrogen (secondary N) is 1. The van der Waals surface area contributed by atoms with E-state index in [0.29, 0.717) is 28.3 Å². The van der Waals surface area contributed by atoms with Crippen LogP contribution in [-0.2, 0) is 9.53 Å². The molecule has 0 radical (unpaired) electrons. The number of aryl methyl sites for hydroxylation is 1. The second-order valence-corrected chi connectivity index (χ2v) is 7.22. The van der Waals surface area contributed by atoms with Crippen LogP contribution >= 0.6 is 15.9 Å². The number of halogens is 1. The van der Waals surface area contributed by atoms with Crippen LogP contribution in [0.4, 0.5) is 5.69 Å². The van der Waals surface area contributed by atoms with Gasteiger partial charge in [-0.3, -0.25) is 4.79 Å². The van der Waals surface area contributed by atoms with E-state index in [4.69, 9.17) is 18.6 Å². The minimum atomic E-state index is -1.02. The third-order valence-corrected chi connectivity index (χ3v) is 4.87. The van der Waals surface area contributed by atoms with E-state index in [1.165, 1.54) is 6.92 Å². The van der Waals surface area contributed by atoms with E-state index in [9.17, 15) is 9.59 Å². The molecule has 0 bridgehead atoms. The van der Waals surface area contributed by atoms with Crippen LogP contribution in [0.25, 0.3) is 11.0 Å². The fourth-order valence-electron chi connectivity index (χ4n) is 2.87. The Morgan fingerprint density at radius 1 is 1.14 bits per heavy atom. The molecule has 0 aliphatic carbocycles. The van der Waals surface area contributed by atoms with E-state index in [2.05, 4.69) is 21.2 Å². The number of rotatable bonds is 4. The molecule has 2 aromatic carbocycles. The van der Waals surface area contributed by atoms with Crippen molar-refractivity contribution in [3.63, 3.8) is 0 Å². The summed E-state index contributed by atoms with van der Waals surface area (Å²) < 4.78 is 22.3. The minimum absolute atomic E-state index is 0.0795. The quantitative estimate of drug-likeness (QED) is 0.598. The van der Waals surface area contributed by atoms with Crippen molar-refractivity contribution in [3.05, 3.63) is 52.2 Å². The Hall–Kier alpha value is -3.00. The Morgan fingerprint density at radius 2 is 1.93 bits per heavy atom. The second-order valence-electron chi connectivity index (χ2n) is 6.30. The zero-order valence-electron chi connectivity index (χ0n) is 15.1. The summed E-state index contributed by atoms with van der Waals surface area (Å²) in [6, 6.07) is 10.5. The Kier molecular flexibility index (Phi) is 4.72. The molecule has 3 aromatic rings. The maximum Gasteiger partial charge on any atom is 0.375 e. The number of hydrogen-bond acceptors (Lipinski definition) is 6. The Balaban J connectivity index is 1.45. The lowest BCUT2D eigenvalue weighted by molar-refractivity contribution is -0.123. The highest BCUT2D eigenvalue weighted by molar-refractivity contribution is 9.10. The zero-order chi connectivity index (χ0) is 19.8. The standard InChI is InChI=1S/C20H16BrNO6/c1-10-14-7-12(21)3-5-15(14)28-18(10)20(24)27-11(2)19(23)22-13-4-6-16-17(8-13)26-9-25-16/h3-8,11H,9H2,1-2H3,(H,22,23). The first-order valence-corrected chi connectivity index (χ1v) is 9.32. The topological polar surface area (TPSA) is 87.0 Å². The SMILES string of the molecule is Cc1c(C(=O)OC(C)C(=O)Nc2ccc3c(c2)OCO3)oc2ccc(Br)cc12. The predicted molar refractivity (Wildman–Crippen MR) is 105 cm³/mol. The molecule has 2 heterocycles. The summed E-state index contributed by atoms with van der Waals surface area (Å²) in [6.45, 7) is 3.41. The summed E-state index contributed by atoms with van der Waals surface area (Å²) in [5.74, 6) is 0.0775. The van der Waals surface area contributed by atoms with Crippen LogP contribution < -0.4 is 14.8 Å². The van der Waals surface area contributed by atoms with Gasteiger partial charge < -0.3 is 23.9 Å². The highest BCUT2D eigenvalue weighted by atomic mass is 79.9. The van der Waals surface area contributed by atoms with E-state index in [1.54, 1.807) is 31.2 Å².